The van der Waals surface area contributed by atoms with Gasteiger partial charge >= 0.3 is 0 Å². The van der Waals surface area contributed by atoms with E-state index in [2.05, 4.69) is 38.8 Å². The Hall–Kier alpha value is -1.29. The summed E-state index contributed by atoms with van der Waals surface area (Å²) in [5.41, 5.74) is 1.91. The van der Waals surface area contributed by atoms with Crippen LogP contribution >= 0.6 is 15.9 Å². The average molecular weight is 349 g/mol. The number of aromatic nitrogens is 1. The molecule has 0 aliphatic heterocycles. The van der Waals surface area contributed by atoms with E-state index in [1.54, 1.807) is 0 Å². The Morgan fingerprint density at radius 1 is 1.33 bits per heavy atom. The van der Waals surface area contributed by atoms with Crippen LogP contribution in [0, 0.1) is 0 Å². The van der Waals surface area contributed by atoms with Crippen LogP contribution in [0.25, 0.3) is 10.9 Å². The summed E-state index contributed by atoms with van der Waals surface area (Å²) in [4.78, 5) is 12.6. The van der Waals surface area contributed by atoms with E-state index in [9.17, 15) is 4.79 Å². The number of halogens is 1. The Balaban J connectivity index is 1.90. The molecule has 0 atom stereocenters. The summed E-state index contributed by atoms with van der Waals surface area (Å²) in [6.07, 6.45) is 7.97. The van der Waals surface area contributed by atoms with Gasteiger partial charge in [0.1, 0.15) is 0 Å². The van der Waals surface area contributed by atoms with E-state index in [1.165, 1.54) is 19.3 Å². The van der Waals surface area contributed by atoms with Gasteiger partial charge in [-0.25, -0.2) is 0 Å². The van der Waals surface area contributed by atoms with Crippen LogP contribution in [0.1, 0.15) is 49.4 Å². The summed E-state index contributed by atoms with van der Waals surface area (Å²) in [6, 6.07) is 6.46. The average Bonchev–Trinajstić information content (AvgIpc) is 2.86. The standard InChI is InChI=1S/C17H21BrN2O/c1-2-20-11-15(14-9-8-12(18)10-16(14)20)17(21)19-13-6-4-3-5-7-13/h8-11,13H,2-7H2,1H3,(H,19,21). The smallest absolute Gasteiger partial charge is 0.253 e. The first kappa shape index (κ1) is 14.6. The van der Waals surface area contributed by atoms with Crippen LogP contribution in [0.2, 0.25) is 0 Å². The molecule has 21 heavy (non-hydrogen) atoms. The lowest BCUT2D eigenvalue weighted by Crippen LogP contribution is -2.36. The number of nitrogens with one attached hydrogen (secondary N) is 1. The molecule has 0 saturated heterocycles. The SMILES string of the molecule is CCn1cc(C(=O)NC2CCCCC2)c2ccc(Br)cc21. The number of fused-ring (bicyclic) bond motifs is 1. The monoisotopic (exact) mass is 348 g/mol. The molecule has 1 heterocycles. The Labute approximate surface area is 133 Å². The summed E-state index contributed by atoms with van der Waals surface area (Å²) >= 11 is 3.51. The van der Waals surface area contributed by atoms with E-state index in [0.29, 0.717) is 6.04 Å². The highest BCUT2D eigenvalue weighted by Crippen LogP contribution is 2.26. The molecule has 112 valence electrons. The molecule has 1 amide bonds. The molecule has 2 aromatic rings. The van der Waals surface area contributed by atoms with Crippen LogP contribution in [-0.4, -0.2) is 16.5 Å². The Morgan fingerprint density at radius 3 is 2.81 bits per heavy atom. The number of hydrogen-bond donors (Lipinski definition) is 1. The minimum absolute atomic E-state index is 0.0708. The van der Waals surface area contributed by atoms with Crippen molar-refractivity contribution in [2.75, 3.05) is 0 Å². The van der Waals surface area contributed by atoms with E-state index in [1.807, 2.05) is 18.3 Å². The summed E-state index contributed by atoms with van der Waals surface area (Å²) in [6.45, 7) is 2.97. The van der Waals surface area contributed by atoms with Gasteiger partial charge in [0, 0.05) is 34.2 Å². The predicted molar refractivity (Wildman–Crippen MR) is 89.7 cm³/mol. The maximum Gasteiger partial charge on any atom is 0.253 e. The van der Waals surface area contributed by atoms with Crippen LogP contribution in [0.3, 0.4) is 0 Å². The fourth-order valence-corrected chi connectivity index (χ4v) is 3.57. The van der Waals surface area contributed by atoms with Crippen molar-refractivity contribution < 1.29 is 4.79 Å². The molecule has 1 N–H and O–H groups in total. The lowest BCUT2D eigenvalue weighted by atomic mass is 9.95. The van der Waals surface area contributed by atoms with Crippen LogP contribution in [-0.2, 0) is 6.54 Å². The number of carbonyl (C=O) groups excluding carboxylic acids is 1. The molecular weight excluding hydrogens is 328 g/mol. The number of rotatable bonds is 3. The summed E-state index contributed by atoms with van der Waals surface area (Å²) in [5, 5.41) is 4.25. The third-order valence-electron chi connectivity index (χ3n) is 4.37. The van der Waals surface area contributed by atoms with Crippen molar-refractivity contribution in [3.05, 3.63) is 34.4 Å². The molecule has 3 rings (SSSR count). The largest absolute Gasteiger partial charge is 0.349 e. The molecule has 0 bridgehead atoms. The van der Waals surface area contributed by atoms with E-state index in [-0.39, 0.29) is 5.91 Å². The highest BCUT2D eigenvalue weighted by molar-refractivity contribution is 9.10. The lowest BCUT2D eigenvalue weighted by molar-refractivity contribution is 0.0929. The second-order valence-corrected chi connectivity index (χ2v) is 6.71. The summed E-state index contributed by atoms with van der Waals surface area (Å²) < 4.78 is 3.18. The van der Waals surface area contributed by atoms with E-state index in [0.717, 1.165) is 40.3 Å². The zero-order valence-electron chi connectivity index (χ0n) is 12.4. The second kappa shape index (κ2) is 6.22. The molecule has 1 aliphatic rings. The van der Waals surface area contributed by atoms with Gasteiger partial charge in [-0.1, -0.05) is 41.3 Å². The minimum Gasteiger partial charge on any atom is -0.349 e. The van der Waals surface area contributed by atoms with Gasteiger partial charge in [-0.05, 0) is 31.9 Å². The molecular formula is C17H21BrN2O. The van der Waals surface area contributed by atoms with Crippen LogP contribution in [0.4, 0.5) is 0 Å². The summed E-state index contributed by atoms with van der Waals surface area (Å²) in [5.74, 6) is 0.0708. The van der Waals surface area contributed by atoms with Gasteiger partial charge in [0.05, 0.1) is 5.56 Å². The Bertz CT molecular complexity index is 656. The molecule has 3 nitrogen and oxygen atoms in total. The molecule has 1 fully saturated rings. The molecule has 0 unspecified atom stereocenters. The Morgan fingerprint density at radius 2 is 2.10 bits per heavy atom. The van der Waals surface area contributed by atoms with Crippen LogP contribution in [0.5, 0.6) is 0 Å². The molecule has 1 aromatic carbocycles. The van der Waals surface area contributed by atoms with Crippen molar-refractivity contribution in [2.24, 2.45) is 0 Å². The number of hydrogen-bond acceptors (Lipinski definition) is 1. The fourth-order valence-electron chi connectivity index (χ4n) is 3.22. The highest BCUT2D eigenvalue weighted by Gasteiger charge is 2.19. The normalized spacial score (nSPS) is 16.3. The topological polar surface area (TPSA) is 34.0 Å². The number of nitrogens with zero attached hydrogens (tertiary/aromatic N) is 1. The van der Waals surface area contributed by atoms with Gasteiger partial charge in [-0.15, -0.1) is 0 Å². The van der Waals surface area contributed by atoms with E-state index in [4.69, 9.17) is 0 Å². The van der Waals surface area contributed by atoms with Crippen molar-refractivity contribution in [1.82, 2.24) is 9.88 Å². The molecule has 4 heteroatoms. The number of carbonyl (C=O) groups is 1. The van der Waals surface area contributed by atoms with Crippen molar-refractivity contribution in [2.45, 2.75) is 51.6 Å². The van der Waals surface area contributed by atoms with Gasteiger partial charge in [0.25, 0.3) is 5.91 Å². The van der Waals surface area contributed by atoms with Gasteiger partial charge in [0.2, 0.25) is 0 Å². The third-order valence-corrected chi connectivity index (χ3v) is 4.86. The van der Waals surface area contributed by atoms with E-state index < -0.39 is 0 Å². The van der Waals surface area contributed by atoms with Gasteiger partial charge in [0.15, 0.2) is 0 Å². The third kappa shape index (κ3) is 3.00. The Kier molecular flexibility index (Phi) is 4.34. The maximum atomic E-state index is 12.6. The zero-order valence-corrected chi connectivity index (χ0v) is 13.9. The lowest BCUT2D eigenvalue weighted by Gasteiger charge is -2.22. The number of amides is 1. The van der Waals surface area contributed by atoms with Crippen molar-refractivity contribution in [3.63, 3.8) is 0 Å². The van der Waals surface area contributed by atoms with Crippen molar-refractivity contribution in [3.8, 4) is 0 Å². The van der Waals surface area contributed by atoms with Gasteiger partial charge in [-0.2, -0.15) is 0 Å². The molecule has 1 aliphatic carbocycles. The first-order valence-corrected chi connectivity index (χ1v) is 8.57. The minimum atomic E-state index is 0.0708. The van der Waals surface area contributed by atoms with Gasteiger partial charge in [-0.3, -0.25) is 4.79 Å². The zero-order chi connectivity index (χ0) is 14.8. The molecule has 1 aromatic heterocycles. The second-order valence-electron chi connectivity index (χ2n) is 5.80. The van der Waals surface area contributed by atoms with Crippen LogP contribution in [0.15, 0.2) is 28.9 Å². The van der Waals surface area contributed by atoms with Crippen molar-refractivity contribution >= 4 is 32.7 Å². The highest BCUT2D eigenvalue weighted by atomic mass is 79.9. The quantitative estimate of drug-likeness (QED) is 0.871. The van der Waals surface area contributed by atoms with E-state index >= 15 is 0 Å². The maximum absolute atomic E-state index is 12.6. The first-order chi connectivity index (χ1) is 10.2. The number of benzene rings is 1. The molecule has 0 spiro atoms. The first-order valence-electron chi connectivity index (χ1n) is 7.78. The summed E-state index contributed by atoms with van der Waals surface area (Å²) in [7, 11) is 0. The van der Waals surface area contributed by atoms with Gasteiger partial charge < -0.3 is 9.88 Å². The molecule has 0 radical (unpaired) electrons. The fraction of sp³-hybridized carbons (Fsp3) is 0.471. The molecule has 1 saturated carbocycles. The van der Waals surface area contributed by atoms with Crippen LogP contribution < -0.4 is 5.32 Å². The number of aryl methyl sites for hydroxylation is 1. The predicted octanol–water partition coefficient (Wildman–Crippen LogP) is 4.49. The van der Waals surface area contributed by atoms with Crippen molar-refractivity contribution in [1.29, 1.82) is 0 Å².